The van der Waals surface area contributed by atoms with Gasteiger partial charge in [0.05, 0.1) is 31.4 Å². The number of hydrogen-bond acceptors (Lipinski definition) is 8. The molecular weight excluding hydrogens is 601 g/mol. The molecule has 0 aliphatic carbocycles. The third-order valence-corrected chi connectivity index (χ3v) is 13.6. The van der Waals surface area contributed by atoms with Crippen molar-refractivity contribution < 1.29 is 30.2 Å². The molecule has 192 valence electrons. The molecule has 1 aromatic heterocycles. The van der Waals surface area contributed by atoms with Crippen LogP contribution in [0.1, 0.15) is 39.3 Å². The fourth-order valence-corrected chi connectivity index (χ4v) is 5.96. The van der Waals surface area contributed by atoms with Crippen LogP contribution in [0.3, 0.4) is 0 Å². The van der Waals surface area contributed by atoms with Gasteiger partial charge in [-0.05, 0) is 53.6 Å². The standard InChI is InChI=1S/C19H36IN3O7S2Si/c1-19(2,3)33(6,7)29-13-12-23-16(14-28-32(5,26)27)17(20)18(21-23)30-15-8-10-22(11-9-15)31(4,24)25/h15H,8-14H2,1-7H3. The summed E-state index contributed by atoms with van der Waals surface area (Å²) in [6, 6.07) is 0. The van der Waals surface area contributed by atoms with Crippen molar-refractivity contribution in [1.29, 1.82) is 0 Å². The average molecular weight is 638 g/mol. The van der Waals surface area contributed by atoms with Crippen LogP contribution in [0.15, 0.2) is 0 Å². The summed E-state index contributed by atoms with van der Waals surface area (Å²) < 4.78 is 67.8. The van der Waals surface area contributed by atoms with E-state index in [0.717, 1.165) is 6.26 Å². The van der Waals surface area contributed by atoms with Crippen LogP contribution in [0, 0.1) is 3.57 Å². The van der Waals surface area contributed by atoms with E-state index in [1.165, 1.54) is 10.6 Å². The molecule has 0 unspecified atom stereocenters. The van der Waals surface area contributed by atoms with Crippen LogP contribution >= 0.6 is 22.6 Å². The van der Waals surface area contributed by atoms with Crippen LogP contribution in [0.2, 0.25) is 18.1 Å². The minimum Gasteiger partial charge on any atom is -0.472 e. The lowest BCUT2D eigenvalue weighted by molar-refractivity contribution is 0.128. The lowest BCUT2D eigenvalue weighted by Crippen LogP contribution is -2.41. The smallest absolute Gasteiger partial charge is 0.264 e. The highest BCUT2D eigenvalue weighted by atomic mass is 127. The van der Waals surface area contributed by atoms with E-state index in [4.69, 9.17) is 13.3 Å². The summed E-state index contributed by atoms with van der Waals surface area (Å²) in [7, 11) is -8.79. The molecule has 0 saturated carbocycles. The number of hydrogen-bond donors (Lipinski definition) is 0. The van der Waals surface area contributed by atoms with E-state index in [-0.39, 0.29) is 17.7 Å². The molecule has 0 atom stereocenters. The zero-order valence-electron chi connectivity index (χ0n) is 20.4. The Morgan fingerprint density at radius 2 is 1.70 bits per heavy atom. The van der Waals surface area contributed by atoms with Crippen molar-refractivity contribution in [2.45, 2.75) is 71.0 Å². The van der Waals surface area contributed by atoms with Crippen LogP contribution in [0.4, 0.5) is 0 Å². The van der Waals surface area contributed by atoms with E-state index in [1.807, 2.05) is 0 Å². The van der Waals surface area contributed by atoms with Gasteiger partial charge in [0.15, 0.2) is 8.32 Å². The summed E-state index contributed by atoms with van der Waals surface area (Å²) in [5.41, 5.74) is 0.600. The van der Waals surface area contributed by atoms with Gasteiger partial charge in [-0.15, -0.1) is 5.10 Å². The molecule has 0 spiro atoms. The number of sulfonamides is 1. The highest BCUT2D eigenvalue weighted by Gasteiger charge is 2.37. The second kappa shape index (κ2) is 10.8. The first-order valence-electron chi connectivity index (χ1n) is 10.8. The predicted octanol–water partition coefficient (Wildman–Crippen LogP) is 2.79. The fourth-order valence-electron chi connectivity index (χ4n) is 3.05. The lowest BCUT2D eigenvalue weighted by atomic mass is 10.1. The third kappa shape index (κ3) is 8.42. The molecular formula is C19H36IN3O7S2Si. The van der Waals surface area contributed by atoms with Crippen molar-refractivity contribution in [2.75, 3.05) is 32.2 Å². The normalized spacial score (nSPS) is 17.5. The lowest BCUT2D eigenvalue weighted by Gasteiger charge is -2.36. The van der Waals surface area contributed by atoms with Crippen molar-refractivity contribution in [1.82, 2.24) is 14.1 Å². The van der Waals surface area contributed by atoms with E-state index in [2.05, 4.69) is 61.6 Å². The average Bonchev–Trinajstić information content (AvgIpc) is 2.93. The zero-order chi connectivity index (χ0) is 25.2. The van der Waals surface area contributed by atoms with Crippen LogP contribution in [-0.2, 0) is 41.9 Å². The molecule has 2 rings (SSSR count). The summed E-state index contributed by atoms with van der Waals surface area (Å²) in [5, 5.41) is 4.64. The molecule has 0 bridgehead atoms. The van der Waals surface area contributed by atoms with Crippen molar-refractivity contribution in [3.8, 4) is 5.88 Å². The first-order chi connectivity index (χ1) is 14.9. The molecule has 1 fully saturated rings. The van der Waals surface area contributed by atoms with Crippen LogP contribution in [-0.4, -0.2) is 77.6 Å². The topological polar surface area (TPSA) is 117 Å². The summed E-state index contributed by atoms with van der Waals surface area (Å²) in [6.07, 6.45) is 3.15. The minimum absolute atomic E-state index is 0.0723. The number of rotatable bonds is 10. The Morgan fingerprint density at radius 1 is 1.12 bits per heavy atom. The van der Waals surface area contributed by atoms with Crippen molar-refractivity contribution in [3.63, 3.8) is 0 Å². The fraction of sp³-hybridized carbons (Fsp3) is 0.842. The van der Waals surface area contributed by atoms with Crippen LogP contribution < -0.4 is 4.74 Å². The number of nitrogens with zero attached hydrogens (tertiary/aromatic N) is 3. The third-order valence-electron chi connectivity index (χ3n) is 6.09. The number of ether oxygens (including phenoxy) is 1. The van der Waals surface area contributed by atoms with Crippen LogP contribution in [0.25, 0.3) is 0 Å². The summed E-state index contributed by atoms with van der Waals surface area (Å²) >= 11 is 2.09. The Balaban J connectivity index is 2.15. The van der Waals surface area contributed by atoms with Gasteiger partial charge in [-0.2, -0.15) is 8.42 Å². The van der Waals surface area contributed by atoms with Gasteiger partial charge in [-0.3, -0.25) is 8.86 Å². The van der Waals surface area contributed by atoms with Gasteiger partial charge in [0.1, 0.15) is 16.3 Å². The number of aromatic nitrogens is 2. The van der Waals surface area contributed by atoms with Gasteiger partial charge in [-0.25, -0.2) is 12.7 Å². The quantitative estimate of drug-likeness (QED) is 0.219. The van der Waals surface area contributed by atoms with Gasteiger partial charge >= 0.3 is 0 Å². The Morgan fingerprint density at radius 3 is 2.18 bits per heavy atom. The second-order valence-electron chi connectivity index (χ2n) is 9.84. The Hall–Kier alpha value is -0.263. The molecule has 1 aromatic rings. The minimum atomic E-state index is -3.63. The largest absolute Gasteiger partial charge is 0.472 e. The molecule has 1 aliphatic rings. The first kappa shape index (κ1) is 29.0. The monoisotopic (exact) mass is 637 g/mol. The van der Waals surface area contributed by atoms with Crippen molar-refractivity contribution in [2.24, 2.45) is 0 Å². The molecule has 10 nitrogen and oxygen atoms in total. The number of halogens is 1. The van der Waals surface area contributed by atoms with Gasteiger partial charge in [-0.1, -0.05) is 20.8 Å². The maximum absolute atomic E-state index is 11.7. The van der Waals surface area contributed by atoms with E-state index in [1.54, 1.807) is 4.68 Å². The van der Waals surface area contributed by atoms with Gasteiger partial charge < -0.3 is 9.16 Å². The van der Waals surface area contributed by atoms with Crippen molar-refractivity contribution in [3.05, 3.63) is 9.26 Å². The van der Waals surface area contributed by atoms with Gasteiger partial charge in [0.2, 0.25) is 15.9 Å². The SMILES string of the molecule is CC(C)(C)[Si](C)(C)OCCn1nc(OC2CCN(S(C)(=O)=O)CC2)c(I)c1COS(C)(=O)=O. The number of piperidine rings is 1. The van der Waals surface area contributed by atoms with Crippen LogP contribution in [0.5, 0.6) is 5.88 Å². The Bertz CT molecular complexity index is 1030. The maximum Gasteiger partial charge on any atom is 0.264 e. The predicted molar refractivity (Wildman–Crippen MR) is 138 cm³/mol. The first-order valence-corrected chi connectivity index (χ1v) is 18.4. The van der Waals surface area contributed by atoms with E-state index >= 15 is 0 Å². The molecule has 2 heterocycles. The summed E-state index contributed by atoms with van der Waals surface area (Å²) in [5.74, 6) is 0.396. The highest BCUT2D eigenvalue weighted by molar-refractivity contribution is 14.1. The molecule has 14 heteroatoms. The molecule has 0 aromatic carbocycles. The van der Waals surface area contributed by atoms with E-state index in [9.17, 15) is 16.8 Å². The second-order valence-corrected chi connectivity index (χ2v) is 19.4. The van der Waals surface area contributed by atoms with E-state index < -0.39 is 28.5 Å². The molecule has 0 radical (unpaired) electrons. The molecule has 1 aliphatic heterocycles. The zero-order valence-corrected chi connectivity index (χ0v) is 25.2. The molecule has 0 amide bonds. The Labute approximate surface area is 212 Å². The summed E-state index contributed by atoms with van der Waals surface area (Å²) in [6.45, 7) is 12.4. The molecule has 0 N–H and O–H groups in total. The van der Waals surface area contributed by atoms with Gasteiger partial charge in [0, 0.05) is 13.1 Å². The molecule has 1 saturated heterocycles. The molecule has 33 heavy (non-hydrogen) atoms. The van der Waals surface area contributed by atoms with Gasteiger partial charge in [0.25, 0.3) is 10.1 Å². The maximum atomic E-state index is 11.7. The summed E-state index contributed by atoms with van der Waals surface area (Å²) in [4.78, 5) is 0. The van der Waals surface area contributed by atoms with E-state index in [0.29, 0.717) is 54.2 Å². The Kier molecular flexibility index (Phi) is 9.46. The van der Waals surface area contributed by atoms with Crippen molar-refractivity contribution >= 4 is 51.0 Å². The highest BCUT2D eigenvalue weighted by Crippen LogP contribution is 2.36.